The fourth-order valence-corrected chi connectivity index (χ4v) is 3.83. The van der Waals surface area contributed by atoms with Gasteiger partial charge in [-0.25, -0.2) is 0 Å². The quantitative estimate of drug-likeness (QED) is 0.803. The molecular formula is C19H34N4O. The van der Waals surface area contributed by atoms with Gasteiger partial charge in [0.15, 0.2) is 0 Å². The summed E-state index contributed by atoms with van der Waals surface area (Å²) in [6, 6.07) is 0.478. The number of aryl methyl sites for hydroxylation is 1. The maximum absolute atomic E-state index is 12.6. The van der Waals surface area contributed by atoms with E-state index in [0.717, 1.165) is 31.7 Å². The van der Waals surface area contributed by atoms with E-state index in [0.29, 0.717) is 24.3 Å². The van der Waals surface area contributed by atoms with Crippen molar-refractivity contribution < 1.29 is 4.79 Å². The Bertz CT molecular complexity index is 576. The van der Waals surface area contributed by atoms with Crippen LogP contribution < -0.4 is 0 Å². The van der Waals surface area contributed by atoms with Gasteiger partial charge in [0.2, 0.25) is 5.91 Å². The predicted molar refractivity (Wildman–Crippen MR) is 98.1 cm³/mol. The molecule has 0 N–H and O–H groups in total. The minimum atomic E-state index is 0.279. The first-order valence-electron chi connectivity index (χ1n) is 9.17. The van der Waals surface area contributed by atoms with Crippen LogP contribution in [0.25, 0.3) is 0 Å². The molecule has 5 nitrogen and oxygen atoms in total. The lowest BCUT2D eigenvalue weighted by atomic mass is 10.1. The fourth-order valence-electron chi connectivity index (χ4n) is 3.83. The highest BCUT2D eigenvalue weighted by atomic mass is 16.2. The molecule has 0 unspecified atom stereocenters. The van der Waals surface area contributed by atoms with E-state index in [9.17, 15) is 4.79 Å². The summed E-state index contributed by atoms with van der Waals surface area (Å²) in [5.74, 6) is 1.40. The van der Waals surface area contributed by atoms with Crippen molar-refractivity contribution in [3.8, 4) is 0 Å². The lowest BCUT2D eigenvalue weighted by molar-refractivity contribution is -0.130. The number of hydrogen-bond acceptors (Lipinski definition) is 3. The van der Waals surface area contributed by atoms with Crippen LogP contribution >= 0.6 is 0 Å². The van der Waals surface area contributed by atoms with E-state index in [2.05, 4.69) is 63.4 Å². The summed E-state index contributed by atoms with van der Waals surface area (Å²) in [7, 11) is 4.20. The molecule has 24 heavy (non-hydrogen) atoms. The van der Waals surface area contributed by atoms with Crippen molar-refractivity contribution in [2.45, 2.75) is 60.0 Å². The van der Waals surface area contributed by atoms with Crippen LogP contribution in [-0.4, -0.2) is 58.7 Å². The van der Waals surface area contributed by atoms with Gasteiger partial charge in [-0.3, -0.25) is 9.48 Å². The number of carbonyl (C=O) groups excluding carboxylic acids is 1. The Morgan fingerprint density at radius 3 is 2.50 bits per heavy atom. The molecule has 2 rings (SSSR count). The van der Waals surface area contributed by atoms with Crippen molar-refractivity contribution in [2.75, 3.05) is 27.2 Å². The van der Waals surface area contributed by atoms with Crippen LogP contribution in [0.3, 0.4) is 0 Å². The van der Waals surface area contributed by atoms with Gasteiger partial charge in [0.05, 0.1) is 5.69 Å². The molecule has 1 saturated heterocycles. The third-order valence-electron chi connectivity index (χ3n) is 5.25. The highest BCUT2D eigenvalue weighted by Gasteiger charge is 2.33. The van der Waals surface area contributed by atoms with E-state index < -0.39 is 0 Å². The second-order valence-electron chi connectivity index (χ2n) is 8.03. The normalized spacial score (nSPS) is 21.3. The SMILES string of the molecule is Cc1nn(CC(C)C)c(C)c1CCC(=O)N1C[C@@H](C)[C@@H](N(C)C)C1. The number of likely N-dealkylation sites (tertiary alicyclic amines) is 1. The molecule has 2 heterocycles. The molecule has 1 aliphatic rings. The number of nitrogens with zero attached hydrogens (tertiary/aromatic N) is 4. The zero-order chi connectivity index (χ0) is 18.0. The average molecular weight is 335 g/mol. The Kier molecular flexibility index (Phi) is 6.07. The lowest BCUT2D eigenvalue weighted by Crippen LogP contribution is -2.35. The van der Waals surface area contributed by atoms with Gasteiger partial charge in [-0.1, -0.05) is 20.8 Å². The molecule has 1 amide bonds. The van der Waals surface area contributed by atoms with E-state index in [1.54, 1.807) is 0 Å². The number of aromatic nitrogens is 2. The van der Waals surface area contributed by atoms with Gasteiger partial charge in [-0.15, -0.1) is 0 Å². The van der Waals surface area contributed by atoms with Crippen molar-refractivity contribution in [2.24, 2.45) is 11.8 Å². The van der Waals surface area contributed by atoms with Crippen molar-refractivity contribution in [1.82, 2.24) is 19.6 Å². The number of carbonyl (C=O) groups is 1. The minimum Gasteiger partial charge on any atom is -0.341 e. The fraction of sp³-hybridized carbons (Fsp3) is 0.789. The molecule has 0 spiro atoms. The monoisotopic (exact) mass is 334 g/mol. The van der Waals surface area contributed by atoms with E-state index in [1.807, 2.05) is 4.90 Å². The highest BCUT2D eigenvalue weighted by Crippen LogP contribution is 2.22. The van der Waals surface area contributed by atoms with Crippen LogP contribution in [0.5, 0.6) is 0 Å². The van der Waals surface area contributed by atoms with Gasteiger partial charge in [0.1, 0.15) is 0 Å². The summed E-state index contributed by atoms with van der Waals surface area (Å²) >= 11 is 0. The Labute approximate surface area is 147 Å². The highest BCUT2D eigenvalue weighted by molar-refractivity contribution is 5.77. The summed E-state index contributed by atoms with van der Waals surface area (Å²) in [4.78, 5) is 16.9. The molecule has 1 aromatic heterocycles. The standard InChI is InChI=1S/C19H34N4O/c1-13(2)10-23-16(5)17(15(4)20-23)8-9-19(24)22-11-14(3)18(12-22)21(6)7/h13-14,18H,8-12H2,1-7H3/t14-,18+/m1/s1. The molecule has 136 valence electrons. The molecule has 0 aliphatic carbocycles. The van der Waals surface area contributed by atoms with Crippen LogP contribution in [0.15, 0.2) is 0 Å². The van der Waals surface area contributed by atoms with E-state index in [4.69, 9.17) is 0 Å². The van der Waals surface area contributed by atoms with E-state index >= 15 is 0 Å². The summed E-state index contributed by atoms with van der Waals surface area (Å²) in [5.41, 5.74) is 3.54. The second-order valence-corrected chi connectivity index (χ2v) is 8.03. The molecule has 1 fully saturated rings. The van der Waals surface area contributed by atoms with Gasteiger partial charge >= 0.3 is 0 Å². The predicted octanol–water partition coefficient (Wildman–Crippen LogP) is 2.50. The summed E-state index contributed by atoms with van der Waals surface area (Å²) in [6.45, 7) is 13.5. The van der Waals surface area contributed by atoms with Crippen molar-refractivity contribution >= 4 is 5.91 Å². The van der Waals surface area contributed by atoms with Crippen molar-refractivity contribution in [3.05, 3.63) is 17.0 Å². The molecule has 1 aliphatic heterocycles. The van der Waals surface area contributed by atoms with Crippen LogP contribution in [0.1, 0.15) is 44.1 Å². The molecular weight excluding hydrogens is 300 g/mol. The Hall–Kier alpha value is -1.36. The van der Waals surface area contributed by atoms with Crippen LogP contribution in [0.4, 0.5) is 0 Å². The molecule has 5 heteroatoms. The number of amides is 1. The van der Waals surface area contributed by atoms with E-state index in [-0.39, 0.29) is 5.91 Å². The summed E-state index contributed by atoms with van der Waals surface area (Å²) in [6.07, 6.45) is 1.38. The van der Waals surface area contributed by atoms with Gasteiger partial charge in [0.25, 0.3) is 0 Å². The molecule has 0 radical (unpaired) electrons. The largest absolute Gasteiger partial charge is 0.341 e. The third-order valence-corrected chi connectivity index (χ3v) is 5.25. The molecule has 0 saturated carbocycles. The Morgan fingerprint density at radius 2 is 1.96 bits per heavy atom. The summed E-state index contributed by atoms with van der Waals surface area (Å²) < 4.78 is 2.10. The van der Waals surface area contributed by atoms with Crippen molar-refractivity contribution in [1.29, 1.82) is 0 Å². The molecule has 0 bridgehead atoms. The topological polar surface area (TPSA) is 41.4 Å². The first kappa shape index (κ1) is 19.0. The average Bonchev–Trinajstić information content (AvgIpc) is 2.98. The number of hydrogen-bond donors (Lipinski definition) is 0. The minimum absolute atomic E-state index is 0.279. The molecule has 2 atom stereocenters. The molecule has 0 aromatic carbocycles. The summed E-state index contributed by atoms with van der Waals surface area (Å²) in [5, 5.41) is 4.66. The maximum Gasteiger partial charge on any atom is 0.222 e. The van der Waals surface area contributed by atoms with Crippen molar-refractivity contribution in [3.63, 3.8) is 0 Å². The van der Waals surface area contributed by atoms with Crippen LogP contribution in [0, 0.1) is 25.7 Å². The number of rotatable bonds is 6. The zero-order valence-corrected chi connectivity index (χ0v) is 16.5. The second kappa shape index (κ2) is 7.68. The molecule has 1 aromatic rings. The van der Waals surface area contributed by atoms with E-state index in [1.165, 1.54) is 11.3 Å². The smallest absolute Gasteiger partial charge is 0.222 e. The zero-order valence-electron chi connectivity index (χ0n) is 16.5. The van der Waals surface area contributed by atoms with Gasteiger partial charge in [0, 0.05) is 37.8 Å². The third kappa shape index (κ3) is 4.18. The lowest BCUT2D eigenvalue weighted by Gasteiger charge is -2.22. The Morgan fingerprint density at radius 1 is 1.29 bits per heavy atom. The van der Waals surface area contributed by atoms with Gasteiger partial charge in [-0.05, 0) is 51.8 Å². The first-order chi connectivity index (χ1) is 11.2. The Balaban J connectivity index is 1.96. The maximum atomic E-state index is 12.6. The first-order valence-corrected chi connectivity index (χ1v) is 9.17. The van der Waals surface area contributed by atoms with Gasteiger partial charge in [-0.2, -0.15) is 5.10 Å². The number of likely N-dealkylation sites (N-methyl/N-ethyl adjacent to an activating group) is 1. The van der Waals surface area contributed by atoms with Gasteiger partial charge < -0.3 is 9.80 Å². The van der Waals surface area contributed by atoms with Crippen LogP contribution in [0.2, 0.25) is 0 Å². The van der Waals surface area contributed by atoms with Crippen LogP contribution in [-0.2, 0) is 17.8 Å².